The van der Waals surface area contributed by atoms with E-state index < -0.39 is 29.1 Å². The molecule has 1 aromatic carbocycles. The number of fused-ring (bicyclic) bond motifs is 7. The molecule has 0 saturated heterocycles. The summed E-state index contributed by atoms with van der Waals surface area (Å²) in [5, 5.41) is 14.5. The van der Waals surface area contributed by atoms with Crippen LogP contribution in [-0.4, -0.2) is 57.0 Å². The Morgan fingerprint density at radius 2 is 1.98 bits per heavy atom. The fourth-order valence-corrected chi connectivity index (χ4v) is 5.65. The fourth-order valence-electron chi connectivity index (χ4n) is 5.65. The van der Waals surface area contributed by atoms with Crippen molar-refractivity contribution in [3.63, 3.8) is 0 Å². The number of hydrogen-bond donors (Lipinski definition) is 2. The van der Waals surface area contributed by atoms with E-state index in [0.29, 0.717) is 47.5 Å². The number of carbonyl (C=O) groups is 2. The van der Waals surface area contributed by atoms with E-state index in [-0.39, 0.29) is 48.7 Å². The molecule has 0 radical (unpaired) electrons. The van der Waals surface area contributed by atoms with Crippen molar-refractivity contribution in [2.45, 2.75) is 65.0 Å². The van der Waals surface area contributed by atoms with Gasteiger partial charge in [-0.05, 0) is 39.3 Å². The van der Waals surface area contributed by atoms with Gasteiger partial charge in [0.15, 0.2) is 17.2 Å². The van der Waals surface area contributed by atoms with Crippen LogP contribution < -0.4 is 15.6 Å². The van der Waals surface area contributed by atoms with Crippen molar-refractivity contribution in [2.75, 3.05) is 19.8 Å². The van der Waals surface area contributed by atoms with Crippen molar-refractivity contribution in [1.29, 1.82) is 0 Å². The number of cyclic esters (lactones) is 1. The van der Waals surface area contributed by atoms with Crippen LogP contribution in [0.15, 0.2) is 23.0 Å². The second kappa shape index (κ2) is 9.52. The minimum absolute atomic E-state index is 0.0425. The molecule has 0 aliphatic carbocycles. The van der Waals surface area contributed by atoms with Gasteiger partial charge in [0.25, 0.3) is 5.56 Å². The highest BCUT2D eigenvalue weighted by Gasteiger charge is 2.45. The zero-order valence-electron chi connectivity index (χ0n) is 23.3. The molecular formula is C29H31FN4O7. The highest BCUT2D eigenvalue weighted by molar-refractivity contribution is 5.89. The Morgan fingerprint density at radius 1 is 1.20 bits per heavy atom. The van der Waals surface area contributed by atoms with Crippen LogP contribution in [0.25, 0.3) is 22.3 Å². The molecule has 1 amide bonds. The number of esters is 1. The first-order valence-electron chi connectivity index (χ1n) is 13.5. The molecular weight excluding hydrogens is 535 g/mol. The summed E-state index contributed by atoms with van der Waals surface area (Å²) in [6, 6.07) is 4.83. The van der Waals surface area contributed by atoms with Gasteiger partial charge in [-0.25, -0.2) is 19.0 Å². The first-order chi connectivity index (χ1) is 19.4. The molecule has 3 aliphatic heterocycles. The van der Waals surface area contributed by atoms with Crippen molar-refractivity contribution in [1.82, 2.24) is 19.8 Å². The van der Waals surface area contributed by atoms with Crippen molar-refractivity contribution in [2.24, 2.45) is 0 Å². The van der Waals surface area contributed by atoms with Gasteiger partial charge in [-0.3, -0.25) is 9.69 Å². The molecule has 0 unspecified atom stereocenters. The molecule has 3 aromatic rings. The highest BCUT2D eigenvalue weighted by atomic mass is 19.1. The predicted octanol–water partition coefficient (Wildman–Crippen LogP) is 2.90. The molecule has 0 spiro atoms. The largest absolute Gasteiger partial charge is 0.475 e. The molecule has 3 aliphatic rings. The number of nitrogens with one attached hydrogen (secondary N) is 1. The van der Waals surface area contributed by atoms with Crippen LogP contribution in [0.5, 0.6) is 5.75 Å². The van der Waals surface area contributed by atoms with Gasteiger partial charge in [-0.1, -0.05) is 6.92 Å². The van der Waals surface area contributed by atoms with E-state index in [2.05, 4.69) is 5.32 Å². The maximum absolute atomic E-state index is 15.2. The van der Waals surface area contributed by atoms with Crippen LogP contribution in [0, 0.1) is 5.82 Å². The van der Waals surface area contributed by atoms with Crippen LogP contribution in [0.2, 0.25) is 0 Å². The summed E-state index contributed by atoms with van der Waals surface area (Å²) in [6.07, 6.45) is -0.474. The number of aromatic nitrogens is 2. The van der Waals surface area contributed by atoms with E-state index >= 15 is 4.39 Å². The first kappa shape index (κ1) is 27.2. The summed E-state index contributed by atoms with van der Waals surface area (Å²) in [5.74, 6) is -1.18. The smallest absolute Gasteiger partial charge is 0.407 e. The Kier molecular flexibility index (Phi) is 6.31. The number of halogens is 1. The molecule has 2 aromatic heterocycles. The van der Waals surface area contributed by atoms with E-state index in [1.807, 2.05) is 11.0 Å². The lowest BCUT2D eigenvalue weighted by atomic mass is 9.86. The Bertz CT molecular complexity index is 1680. The number of hydrogen-bond acceptors (Lipinski definition) is 9. The quantitative estimate of drug-likeness (QED) is 0.358. The van der Waals surface area contributed by atoms with E-state index in [0.717, 1.165) is 5.56 Å². The van der Waals surface area contributed by atoms with Gasteiger partial charge in [0.1, 0.15) is 18.9 Å². The number of alkyl carbamates (subject to hydrolysis) is 1. The van der Waals surface area contributed by atoms with Crippen LogP contribution in [0.3, 0.4) is 0 Å². The topological polar surface area (TPSA) is 132 Å². The molecule has 0 bridgehead atoms. The number of rotatable bonds is 4. The maximum atomic E-state index is 15.2. The third-order valence-electron chi connectivity index (χ3n) is 7.69. The lowest BCUT2D eigenvalue weighted by Crippen LogP contribution is -2.44. The standard InChI is InChI=1S/C29H31FN4O7/c1-5-29(38)19-9-22-23-15(11-34(22)25(35)18(19)13-39-26(29)36)8-16-17-12-33(7-6-31-27(37)41-28(2,3)4)14-40-24(17)20(30)10-21(16)32-23/h8-10,38H,5-7,11-14H2,1-4H3,(H,31,37)/t29-/m0/s1. The average molecular weight is 567 g/mol. The maximum Gasteiger partial charge on any atom is 0.407 e. The van der Waals surface area contributed by atoms with Crippen LogP contribution in [0.4, 0.5) is 9.18 Å². The summed E-state index contributed by atoms with van der Waals surface area (Å²) in [7, 11) is 0. The molecule has 11 nitrogen and oxygen atoms in total. The molecule has 1 atom stereocenters. The van der Waals surface area contributed by atoms with Crippen molar-refractivity contribution < 1.29 is 33.3 Å². The zero-order chi connectivity index (χ0) is 29.3. The van der Waals surface area contributed by atoms with Crippen LogP contribution in [-0.2, 0) is 39.6 Å². The molecule has 5 heterocycles. The van der Waals surface area contributed by atoms with Crippen LogP contribution >= 0.6 is 0 Å². The lowest BCUT2D eigenvalue weighted by molar-refractivity contribution is -0.172. The average Bonchev–Trinajstić information content (AvgIpc) is 3.27. The number of ether oxygens (including phenoxy) is 3. The Hall–Kier alpha value is -4.03. The third kappa shape index (κ3) is 4.51. The van der Waals surface area contributed by atoms with Gasteiger partial charge in [0.05, 0.1) is 29.0 Å². The number of benzene rings is 1. The van der Waals surface area contributed by atoms with Crippen molar-refractivity contribution in [3.05, 3.63) is 56.6 Å². The van der Waals surface area contributed by atoms with E-state index in [9.17, 15) is 19.5 Å². The molecule has 41 heavy (non-hydrogen) atoms. The summed E-state index contributed by atoms with van der Waals surface area (Å²) >= 11 is 0. The first-order valence-corrected chi connectivity index (χ1v) is 13.5. The molecule has 0 saturated carbocycles. The van der Waals surface area contributed by atoms with E-state index in [1.54, 1.807) is 38.3 Å². The summed E-state index contributed by atoms with van der Waals surface area (Å²) < 4.78 is 32.9. The van der Waals surface area contributed by atoms with Gasteiger partial charge >= 0.3 is 12.1 Å². The number of nitrogens with zero attached hydrogens (tertiary/aromatic N) is 3. The van der Waals surface area contributed by atoms with Gasteiger partial charge in [0.2, 0.25) is 0 Å². The molecule has 0 fully saturated rings. The third-order valence-corrected chi connectivity index (χ3v) is 7.69. The molecule has 216 valence electrons. The number of carbonyl (C=O) groups excluding carboxylic acids is 2. The minimum atomic E-state index is -1.92. The van der Waals surface area contributed by atoms with Gasteiger partial charge in [0, 0.05) is 47.8 Å². The second-order valence-electron chi connectivity index (χ2n) is 11.6. The van der Waals surface area contributed by atoms with Gasteiger partial charge in [-0.2, -0.15) is 0 Å². The fraction of sp³-hybridized carbons (Fsp3) is 0.448. The number of aliphatic hydroxyl groups is 1. The van der Waals surface area contributed by atoms with Gasteiger partial charge in [-0.15, -0.1) is 0 Å². The Balaban J connectivity index is 1.33. The Labute approximate surface area is 234 Å². The van der Waals surface area contributed by atoms with Crippen molar-refractivity contribution in [3.8, 4) is 17.1 Å². The monoisotopic (exact) mass is 566 g/mol. The SMILES string of the molecule is CC[C@@]1(O)C(=O)OCc2c1cc1n(c2=O)Cc2cc3c4c(c(F)cc3nc2-1)OCN(CCNC(=O)OC(C)(C)C)C4. The summed E-state index contributed by atoms with van der Waals surface area (Å²) in [6.45, 7) is 8.30. The highest BCUT2D eigenvalue weighted by Crippen LogP contribution is 2.41. The van der Waals surface area contributed by atoms with E-state index in [4.69, 9.17) is 19.2 Å². The second-order valence-corrected chi connectivity index (χ2v) is 11.6. The molecule has 6 rings (SSSR count). The van der Waals surface area contributed by atoms with Crippen LogP contribution in [0.1, 0.15) is 56.4 Å². The Morgan fingerprint density at radius 3 is 2.71 bits per heavy atom. The molecule has 2 N–H and O–H groups in total. The van der Waals surface area contributed by atoms with Crippen molar-refractivity contribution >= 4 is 23.0 Å². The minimum Gasteiger partial charge on any atom is -0.475 e. The predicted molar refractivity (Wildman–Crippen MR) is 145 cm³/mol. The molecule has 12 heteroatoms. The van der Waals surface area contributed by atoms with E-state index in [1.165, 1.54) is 6.07 Å². The summed E-state index contributed by atoms with van der Waals surface area (Å²) in [4.78, 5) is 44.5. The number of amides is 1. The summed E-state index contributed by atoms with van der Waals surface area (Å²) in [5.41, 5.74) is 0.286. The lowest BCUT2D eigenvalue weighted by Gasteiger charge is -2.31. The number of pyridine rings is 2. The normalized spacial score (nSPS) is 19.5. The van der Waals surface area contributed by atoms with Gasteiger partial charge < -0.3 is 29.2 Å². The zero-order valence-corrected chi connectivity index (χ0v) is 23.3.